The van der Waals surface area contributed by atoms with Crippen molar-refractivity contribution < 1.29 is 23.4 Å². The van der Waals surface area contributed by atoms with Crippen molar-refractivity contribution in [3.63, 3.8) is 0 Å². The normalized spacial score (nSPS) is 14.6. The Bertz CT molecular complexity index is 625. The number of nitrogens with two attached hydrogens (primary N) is 1. The highest BCUT2D eigenvalue weighted by molar-refractivity contribution is 7.89. The minimum atomic E-state index is -4.05. The molecule has 1 rings (SSSR count). The van der Waals surface area contributed by atoms with Gasteiger partial charge < -0.3 is 15.9 Å². The maximum atomic E-state index is 12.2. The molecule has 1 aromatic carbocycles. The molecule has 1 unspecified atom stereocenters. The van der Waals surface area contributed by atoms with E-state index in [9.17, 15) is 18.3 Å². The van der Waals surface area contributed by atoms with Crippen LogP contribution in [-0.4, -0.2) is 36.7 Å². The summed E-state index contributed by atoms with van der Waals surface area (Å²) in [7, 11) is -4.05. The SMILES string of the molecule is CCCC(C)(O)CNS(=O)(=O)c1ccc(N)cc1C(=O)O. The van der Waals surface area contributed by atoms with Crippen molar-refractivity contribution in [3.05, 3.63) is 23.8 Å². The molecule has 0 aromatic heterocycles. The van der Waals surface area contributed by atoms with Gasteiger partial charge in [0.15, 0.2) is 0 Å². The molecular formula is C13H20N2O5S. The minimum Gasteiger partial charge on any atom is -0.478 e. The van der Waals surface area contributed by atoms with Gasteiger partial charge in [0.2, 0.25) is 10.0 Å². The number of anilines is 1. The standard InChI is InChI=1S/C13H20N2O5S/c1-3-6-13(2,18)8-15-21(19,20)11-5-4-9(14)7-10(11)12(16)17/h4-5,7,15,18H,3,6,8,14H2,1-2H3,(H,16,17). The third-order valence-corrected chi connectivity index (χ3v) is 4.41. The number of rotatable bonds is 7. The van der Waals surface area contributed by atoms with Crippen molar-refractivity contribution in [1.29, 1.82) is 0 Å². The summed E-state index contributed by atoms with van der Waals surface area (Å²) in [5.41, 5.74) is 4.03. The van der Waals surface area contributed by atoms with Gasteiger partial charge in [-0.2, -0.15) is 0 Å². The van der Waals surface area contributed by atoms with Crippen LogP contribution in [0.3, 0.4) is 0 Å². The Morgan fingerprint density at radius 3 is 2.57 bits per heavy atom. The van der Waals surface area contributed by atoms with Crippen LogP contribution in [0.25, 0.3) is 0 Å². The van der Waals surface area contributed by atoms with Gasteiger partial charge in [0.25, 0.3) is 0 Å². The summed E-state index contributed by atoms with van der Waals surface area (Å²) in [6, 6.07) is 3.53. The molecular weight excluding hydrogens is 296 g/mol. The van der Waals surface area contributed by atoms with E-state index < -0.39 is 27.2 Å². The molecule has 7 nitrogen and oxygen atoms in total. The smallest absolute Gasteiger partial charge is 0.337 e. The van der Waals surface area contributed by atoms with Gasteiger partial charge >= 0.3 is 5.97 Å². The van der Waals surface area contributed by atoms with Crippen LogP contribution < -0.4 is 10.5 Å². The number of aromatic carboxylic acids is 1. The lowest BCUT2D eigenvalue weighted by atomic mass is 10.0. The molecule has 0 aliphatic carbocycles. The Hall–Kier alpha value is -1.64. The fourth-order valence-corrected chi connectivity index (χ4v) is 3.24. The number of carboxylic acid groups (broad SMARTS) is 1. The van der Waals surface area contributed by atoms with Crippen molar-refractivity contribution in [2.45, 2.75) is 37.2 Å². The van der Waals surface area contributed by atoms with E-state index in [1.54, 1.807) is 0 Å². The highest BCUT2D eigenvalue weighted by atomic mass is 32.2. The van der Waals surface area contributed by atoms with Gasteiger partial charge in [-0.3, -0.25) is 0 Å². The van der Waals surface area contributed by atoms with E-state index in [0.29, 0.717) is 12.8 Å². The second kappa shape index (κ2) is 6.42. The van der Waals surface area contributed by atoms with Crippen LogP contribution in [0, 0.1) is 0 Å². The van der Waals surface area contributed by atoms with Crippen molar-refractivity contribution in [1.82, 2.24) is 4.72 Å². The number of nitrogen functional groups attached to an aromatic ring is 1. The minimum absolute atomic E-state index is 0.157. The monoisotopic (exact) mass is 316 g/mol. The third kappa shape index (κ3) is 4.69. The number of carboxylic acids is 1. The van der Waals surface area contributed by atoms with E-state index in [2.05, 4.69) is 4.72 Å². The van der Waals surface area contributed by atoms with Gasteiger partial charge in [-0.05, 0) is 31.5 Å². The average molecular weight is 316 g/mol. The van der Waals surface area contributed by atoms with Crippen molar-refractivity contribution in [3.8, 4) is 0 Å². The van der Waals surface area contributed by atoms with Crippen LogP contribution >= 0.6 is 0 Å². The lowest BCUT2D eigenvalue weighted by Gasteiger charge is -2.23. The van der Waals surface area contributed by atoms with E-state index in [0.717, 1.165) is 12.1 Å². The number of aliphatic hydroxyl groups is 1. The van der Waals surface area contributed by atoms with Gasteiger partial charge in [0.1, 0.15) is 0 Å². The molecule has 21 heavy (non-hydrogen) atoms. The Labute approximate surface area is 123 Å². The van der Waals surface area contributed by atoms with Crippen LogP contribution in [0.1, 0.15) is 37.0 Å². The molecule has 0 saturated carbocycles. The lowest BCUT2D eigenvalue weighted by Crippen LogP contribution is -2.40. The number of carbonyl (C=O) groups is 1. The molecule has 1 aromatic rings. The molecule has 0 bridgehead atoms. The Kier molecular flexibility index (Phi) is 5.32. The molecule has 0 saturated heterocycles. The summed E-state index contributed by atoms with van der Waals surface area (Å²) in [4.78, 5) is 10.7. The second-order valence-electron chi connectivity index (χ2n) is 5.13. The van der Waals surface area contributed by atoms with Gasteiger partial charge in [0.05, 0.1) is 16.1 Å². The van der Waals surface area contributed by atoms with Crippen molar-refractivity contribution in [2.75, 3.05) is 12.3 Å². The van der Waals surface area contributed by atoms with Crippen LogP contribution in [0.15, 0.2) is 23.1 Å². The zero-order chi connectivity index (χ0) is 16.3. The van der Waals surface area contributed by atoms with Crippen LogP contribution in [0.2, 0.25) is 0 Å². The highest BCUT2D eigenvalue weighted by Gasteiger charge is 2.26. The number of hydrogen-bond donors (Lipinski definition) is 4. The summed E-state index contributed by atoms with van der Waals surface area (Å²) < 4.78 is 26.6. The first-order chi connectivity index (χ1) is 9.59. The lowest BCUT2D eigenvalue weighted by molar-refractivity contribution is 0.0554. The Morgan fingerprint density at radius 1 is 1.43 bits per heavy atom. The largest absolute Gasteiger partial charge is 0.478 e. The second-order valence-corrected chi connectivity index (χ2v) is 6.87. The maximum Gasteiger partial charge on any atom is 0.337 e. The summed E-state index contributed by atoms with van der Waals surface area (Å²) in [5, 5.41) is 19.1. The van der Waals surface area contributed by atoms with Crippen LogP contribution in [-0.2, 0) is 10.0 Å². The molecule has 0 amide bonds. The molecule has 0 spiro atoms. The molecule has 0 radical (unpaired) electrons. The van der Waals surface area contributed by atoms with Gasteiger partial charge in [0, 0.05) is 12.2 Å². The van der Waals surface area contributed by atoms with E-state index in [4.69, 9.17) is 10.8 Å². The van der Waals surface area contributed by atoms with E-state index in [-0.39, 0.29) is 17.1 Å². The summed E-state index contributed by atoms with van der Waals surface area (Å²) in [6.45, 7) is 3.18. The number of nitrogens with one attached hydrogen (secondary N) is 1. The first-order valence-corrected chi connectivity index (χ1v) is 7.92. The van der Waals surface area contributed by atoms with Crippen LogP contribution in [0.4, 0.5) is 5.69 Å². The molecule has 5 N–H and O–H groups in total. The molecule has 0 aliphatic heterocycles. The third-order valence-electron chi connectivity index (χ3n) is 2.96. The van der Waals surface area contributed by atoms with E-state index in [1.165, 1.54) is 13.0 Å². The summed E-state index contributed by atoms with van der Waals surface area (Å²) in [5.74, 6) is -1.39. The number of hydrogen-bond acceptors (Lipinski definition) is 5. The zero-order valence-corrected chi connectivity index (χ0v) is 12.8. The Balaban J connectivity index is 3.07. The summed E-state index contributed by atoms with van der Waals surface area (Å²) >= 11 is 0. The topological polar surface area (TPSA) is 130 Å². The van der Waals surface area contributed by atoms with Crippen LogP contribution in [0.5, 0.6) is 0 Å². The molecule has 118 valence electrons. The van der Waals surface area contributed by atoms with Crippen molar-refractivity contribution >= 4 is 21.7 Å². The predicted molar refractivity (Wildman–Crippen MR) is 78.5 cm³/mol. The quantitative estimate of drug-likeness (QED) is 0.550. The average Bonchev–Trinajstić information content (AvgIpc) is 2.36. The molecule has 0 aliphatic rings. The first kappa shape index (κ1) is 17.4. The molecule has 0 heterocycles. The molecule has 1 atom stereocenters. The number of sulfonamides is 1. The van der Waals surface area contributed by atoms with E-state index in [1.807, 2.05) is 6.92 Å². The van der Waals surface area contributed by atoms with Crippen molar-refractivity contribution in [2.24, 2.45) is 0 Å². The number of benzene rings is 1. The predicted octanol–water partition coefficient (Wildman–Crippen LogP) is 0.796. The van der Waals surface area contributed by atoms with Gasteiger partial charge in [-0.1, -0.05) is 13.3 Å². The molecule has 0 fully saturated rings. The first-order valence-electron chi connectivity index (χ1n) is 6.44. The van der Waals surface area contributed by atoms with Gasteiger partial charge in [-0.25, -0.2) is 17.9 Å². The molecule has 8 heteroatoms. The van der Waals surface area contributed by atoms with E-state index >= 15 is 0 Å². The fourth-order valence-electron chi connectivity index (χ4n) is 1.90. The van der Waals surface area contributed by atoms with Gasteiger partial charge in [-0.15, -0.1) is 0 Å². The maximum absolute atomic E-state index is 12.2. The fraction of sp³-hybridized carbons (Fsp3) is 0.462. The highest BCUT2D eigenvalue weighted by Crippen LogP contribution is 2.20. The zero-order valence-electron chi connectivity index (χ0n) is 12.0. The Morgan fingerprint density at radius 2 is 2.05 bits per heavy atom. The summed E-state index contributed by atoms with van der Waals surface area (Å²) in [6.07, 6.45) is 1.11.